The Labute approximate surface area is 257 Å². The fourth-order valence-corrected chi connectivity index (χ4v) is 6.78. The number of rotatable bonds is 2. The van der Waals surface area contributed by atoms with Gasteiger partial charge in [-0.15, -0.1) is 0 Å². The molecule has 1 aliphatic heterocycles. The Kier molecular flexibility index (Phi) is 5.29. The van der Waals surface area contributed by atoms with Gasteiger partial charge in [0.05, 0.1) is 45.3 Å². The zero-order chi connectivity index (χ0) is 30.1. The summed E-state index contributed by atoms with van der Waals surface area (Å²) in [5.41, 5.74) is 9.24. The van der Waals surface area contributed by atoms with Gasteiger partial charge < -0.3 is 18.6 Å². The maximum absolute atomic E-state index is 9.58. The molecule has 6 heteroatoms. The van der Waals surface area contributed by atoms with Crippen LogP contribution in [-0.4, -0.2) is 15.9 Å². The fraction of sp³-hybridized carbons (Fsp3) is 0.0256. The summed E-state index contributed by atoms with van der Waals surface area (Å²) in [6.07, 6.45) is 0. The number of nitrogens with zero attached hydrogens (tertiary/aromatic N) is 4. The topological polar surface area (TPSA) is 75.9 Å². The monoisotopic (exact) mass is 578 g/mol. The van der Waals surface area contributed by atoms with Crippen molar-refractivity contribution in [1.82, 2.24) is 9.13 Å². The summed E-state index contributed by atoms with van der Waals surface area (Å²) in [5, 5.41) is 23.4. The number of hydrogen-bond acceptors (Lipinski definition) is 4. The summed E-state index contributed by atoms with van der Waals surface area (Å²) in [7, 11) is 0. The first-order valence-corrected chi connectivity index (χ1v) is 14.6. The van der Waals surface area contributed by atoms with Gasteiger partial charge in [0.25, 0.3) is 0 Å². The summed E-state index contributed by atoms with van der Waals surface area (Å²) >= 11 is 0. The van der Waals surface area contributed by atoms with Gasteiger partial charge >= 0.3 is 0 Å². The summed E-state index contributed by atoms with van der Waals surface area (Å²) in [6, 6.07) is 45.3. The van der Waals surface area contributed by atoms with Crippen LogP contribution < -0.4 is 9.47 Å². The molecule has 9 rings (SSSR count). The quantitative estimate of drug-likeness (QED) is 0.205. The molecule has 0 spiro atoms. The Morgan fingerprint density at radius 2 is 0.911 bits per heavy atom. The van der Waals surface area contributed by atoms with Crippen LogP contribution in [-0.2, 0) is 0 Å². The lowest BCUT2D eigenvalue weighted by atomic mass is 10.0. The van der Waals surface area contributed by atoms with Gasteiger partial charge in [0, 0.05) is 44.0 Å². The van der Waals surface area contributed by atoms with Crippen LogP contribution in [0.5, 0.6) is 11.5 Å². The lowest BCUT2D eigenvalue weighted by molar-refractivity contribution is 0.125. The van der Waals surface area contributed by atoms with Crippen LogP contribution in [0.4, 0.5) is 0 Å². The maximum Gasteiger partial charge on any atom is 0.230 e. The number of ether oxygens (including phenoxy) is 2. The van der Waals surface area contributed by atoms with E-state index in [9.17, 15) is 10.5 Å². The largest absolute Gasteiger partial charge is 0.457 e. The van der Waals surface area contributed by atoms with Gasteiger partial charge in [-0.3, -0.25) is 0 Å². The van der Waals surface area contributed by atoms with Gasteiger partial charge in [-0.1, -0.05) is 36.4 Å². The minimum Gasteiger partial charge on any atom is -0.457 e. The zero-order valence-electron chi connectivity index (χ0n) is 23.9. The molecule has 0 bridgehead atoms. The van der Waals surface area contributed by atoms with Gasteiger partial charge in [0.2, 0.25) is 6.79 Å². The molecule has 6 aromatic carbocycles. The molecule has 45 heavy (non-hydrogen) atoms. The van der Waals surface area contributed by atoms with E-state index in [1.165, 1.54) is 0 Å². The summed E-state index contributed by atoms with van der Waals surface area (Å²) < 4.78 is 16.7. The third-order valence-corrected chi connectivity index (χ3v) is 8.77. The number of benzene rings is 6. The molecule has 2 aromatic heterocycles. The maximum atomic E-state index is 9.58. The smallest absolute Gasteiger partial charge is 0.230 e. The number of fused-ring (bicyclic) bond motifs is 9. The second-order valence-electron chi connectivity index (χ2n) is 11.2. The predicted octanol–water partition coefficient (Wildman–Crippen LogP) is 9.02. The number of nitriles is 2. The van der Waals surface area contributed by atoms with Crippen molar-refractivity contribution in [3.05, 3.63) is 132 Å². The van der Waals surface area contributed by atoms with Crippen molar-refractivity contribution in [2.24, 2.45) is 0 Å². The van der Waals surface area contributed by atoms with E-state index < -0.39 is 0 Å². The van der Waals surface area contributed by atoms with Crippen LogP contribution in [0.25, 0.3) is 66.1 Å². The molecule has 0 saturated heterocycles. The van der Waals surface area contributed by atoms with E-state index >= 15 is 0 Å². The first-order chi connectivity index (χ1) is 22.2. The number of para-hydroxylation sites is 2. The molecule has 0 amide bonds. The molecule has 0 radical (unpaired) electrons. The predicted molar refractivity (Wildman–Crippen MR) is 176 cm³/mol. The van der Waals surface area contributed by atoms with Crippen LogP contribution in [0.1, 0.15) is 11.1 Å². The average molecular weight is 579 g/mol. The Balaban J connectivity index is 1.28. The standard InChI is InChI=1S/C39H22N4O2/c40-21-24-9-13-36-30(17-24)28-5-1-3-7-34(28)42(36)26-11-15-38-32(19-26)33-20-27(12-16-39(33)45-23-44-38)43-35-8-4-2-6-29(35)31-18-25(22-41)10-14-37(31)43/h1-20H,23H2. The molecule has 0 N–H and O–H groups in total. The van der Waals surface area contributed by atoms with E-state index in [-0.39, 0.29) is 6.79 Å². The average Bonchev–Trinajstić information content (AvgIpc) is 3.53. The van der Waals surface area contributed by atoms with Crippen molar-refractivity contribution in [2.45, 2.75) is 0 Å². The highest BCUT2D eigenvalue weighted by atomic mass is 16.7. The van der Waals surface area contributed by atoms with Crippen molar-refractivity contribution < 1.29 is 9.47 Å². The van der Waals surface area contributed by atoms with E-state index in [4.69, 9.17) is 9.47 Å². The summed E-state index contributed by atoms with van der Waals surface area (Å²) in [4.78, 5) is 0. The van der Waals surface area contributed by atoms with Crippen molar-refractivity contribution in [1.29, 1.82) is 10.5 Å². The number of hydrogen-bond donors (Lipinski definition) is 0. The molecule has 3 heterocycles. The van der Waals surface area contributed by atoms with Crippen LogP contribution in [0.15, 0.2) is 121 Å². The minimum absolute atomic E-state index is 0.108. The van der Waals surface area contributed by atoms with E-state index in [2.05, 4.69) is 69.8 Å². The van der Waals surface area contributed by atoms with Gasteiger partial charge in [-0.05, 0) is 84.9 Å². The van der Waals surface area contributed by atoms with Gasteiger partial charge in [-0.2, -0.15) is 10.5 Å². The second-order valence-corrected chi connectivity index (χ2v) is 11.2. The molecule has 1 aliphatic rings. The van der Waals surface area contributed by atoms with Crippen molar-refractivity contribution in [3.8, 4) is 46.1 Å². The molecule has 0 aliphatic carbocycles. The highest BCUT2D eigenvalue weighted by Gasteiger charge is 2.21. The Morgan fingerprint density at radius 1 is 0.467 bits per heavy atom. The number of aromatic nitrogens is 2. The third-order valence-electron chi connectivity index (χ3n) is 8.77. The summed E-state index contributed by atoms with van der Waals surface area (Å²) in [5.74, 6) is 1.48. The van der Waals surface area contributed by atoms with Crippen molar-refractivity contribution in [2.75, 3.05) is 6.79 Å². The van der Waals surface area contributed by atoms with E-state index in [0.717, 1.165) is 77.6 Å². The lowest BCUT2D eigenvalue weighted by Gasteiger charge is -2.14. The molecule has 0 saturated carbocycles. The van der Waals surface area contributed by atoms with E-state index in [1.807, 2.05) is 72.8 Å². The second kappa shape index (κ2) is 9.50. The highest BCUT2D eigenvalue weighted by Crippen LogP contribution is 2.43. The Morgan fingerprint density at radius 3 is 1.38 bits per heavy atom. The molecule has 8 aromatic rings. The van der Waals surface area contributed by atoms with Gasteiger partial charge in [0.1, 0.15) is 11.5 Å². The highest BCUT2D eigenvalue weighted by molar-refractivity contribution is 6.11. The van der Waals surface area contributed by atoms with Crippen molar-refractivity contribution in [3.63, 3.8) is 0 Å². The van der Waals surface area contributed by atoms with Crippen LogP contribution >= 0.6 is 0 Å². The minimum atomic E-state index is 0.108. The normalized spacial score (nSPS) is 12.2. The van der Waals surface area contributed by atoms with E-state index in [0.29, 0.717) is 11.1 Å². The van der Waals surface area contributed by atoms with Gasteiger partial charge in [-0.25, -0.2) is 0 Å². The van der Waals surface area contributed by atoms with Gasteiger partial charge in [0.15, 0.2) is 0 Å². The molecule has 210 valence electrons. The van der Waals surface area contributed by atoms with Crippen molar-refractivity contribution >= 4 is 43.6 Å². The molecule has 0 fully saturated rings. The SMILES string of the molecule is N#Cc1ccc2c(c1)c1ccccc1n2-c1ccc2c(c1)-c1cc(-n3c4ccccc4c4cc(C#N)ccc43)ccc1OCO2. The third kappa shape index (κ3) is 3.67. The molecule has 0 unspecified atom stereocenters. The molecule has 6 nitrogen and oxygen atoms in total. The Bertz CT molecular complexity index is 2430. The lowest BCUT2D eigenvalue weighted by Crippen LogP contribution is -2.03. The fourth-order valence-electron chi connectivity index (χ4n) is 6.78. The Hall–Kier alpha value is -6.50. The first kappa shape index (κ1) is 25.0. The van der Waals surface area contributed by atoms with Crippen LogP contribution in [0.2, 0.25) is 0 Å². The molecular weight excluding hydrogens is 556 g/mol. The molecular formula is C39H22N4O2. The molecule has 0 atom stereocenters. The summed E-state index contributed by atoms with van der Waals surface area (Å²) in [6.45, 7) is 0.108. The van der Waals surface area contributed by atoms with Crippen LogP contribution in [0, 0.1) is 22.7 Å². The van der Waals surface area contributed by atoms with E-state index in [1.54, 1.807) is 0 Å². The van der Waals surface area contributed by atoms with Crippen LogP contribution in [0.3, 0.4) is 0 Å². The first-order valence-electron chi connectivity index (χ1n) is 14.6. The zero-order valence-corrected chi connectivity index (χ0v) is 23.9.